The smallest absolute Gasteiger partial charge is 0.337 e. The number of sulfonamides is 1. The minimum Gasteiger partial charge on any atom is -0.479 e. The van der Waals surface area contributed by atoms with Crippen LogP contribution in [-0.2, 0) is 25.4 Å². The summed E-state index contributed by atoms with van der Waals surface area (Å²) in [6, 6.07) is 8.82. The number of aliphatic carboxylic acids is 1. The van der Waals surface area contributed by atoms with Gasteiger partial charge >= 0.3 is 5.97 Å². The van der Waals surface area contributed by atoms with Gasteiger partial charge in [0.2, 0.25) is 15.9 Å². The monoisotopic (exact) mass is 384 g/mol. The summed E-state index contributed by atoms with van der Waals surface area (Å²) >= 11 is 0. The molecule has 2 atom stereocenters. The molecule has 1 saturated heterocycles. The lowest BCUT2D eigenvalue weighted by atomic mass is 9.98. The number of rotatable bonds is 7. The van der Waals surface area contributed by atoms with E-state index in [4.69, 9.17) is 5.11 Å². The van der Waals surface area contributed by atoms with Crippen molar-refractivity contribution in [2.24, 2.45) is 5.92 Å². The van der Waals surface area contributed by atoms with Crippen molar-refractivity contribution in [2.75, 3.05) is 19.6 Å². The molecule has 3 N–H and O–H groups in total. The van der Waals surface area contributed by atoms with E-state index in [0.29, 0.717) is 24.9 Å². The number of hydrogen-bond donors (Lipinski definition) is 3. The molecule has 2 rings (SSSR count). The first-order chi connectivity index (χ1) is 12.1. The summed E-state index contributed by atoms with van der Waals surface area (Å²) in [5, 5.41) is 20.9. The van der Waals surface area contributed by atoms with E-state index in [-0.39, 0.29) is 12.3 Å². The molecule has 0 bridgehead atoms. The summed E-state index contributed by atoms with van der Waals surface area (Å²) in [4.78, 5) is 23.1. The van der Waals surface area contributed by atoms with Crippen LogP contribution >= 0.6 is 0 Å². The molecule has 1 aliphatic rings. The highest BCUT2D eigenvalue weighted by Gasteiger charge is 2.35. The number of nitrogens with zero attached hydrogens (tertiary/aromatic N) is 1. The average Bonchev–Trinajstić information content (AvgIpc) is 2.60. The van der Waals surface area contributed by atoms with Crippen LogP contribution in [0.2, 0.25) is 0 Å². The normalized spacial score (nSPS) is 20.9. The molecule has 26 heavy (non-hydrogen) atoms. The number of aliphatic hydroxyl groups is 1. The third-order valence-electron chi connectivity index (χ3n) is 4.41. The number of carbonyl (C=O) groups is 2. The summed E-state index contributed by atoms with van der Waals surface area (Å²) in [6.07, 6.45) is 1.06. The molecule has 1 fully saturated rings. The van der Waals surface area contributed by atoms with Crippen molar-refractivity contribution in [3.05, 3.63) is 35.9 Å². The van der Waals surface area contributed by atoms with E-state index < -0.39 is 40.0 Å². The topological polar surface area (TPSA) is 124 Å². The van der Waals surface area contributed by atoms with Gasteiger partial charge in [-0.2, -0.15) is 0 Å². The summed E-state index contributed by atoms with van der Waals surface area (Å²) in [7, 11) is -3.55. The van der Waals surface area contributed by atoms with Gasteiger partial charge in [-0.1, -0.05) is 30.3 Å². The Hall–Kier alpha value is -1.97. The molecule has 1 amide bonds. The number of piperidine rings is 1. The van der Waals surface area contributed by atoms with Crippen LogP contribution in [0.5, 0.6) is 0 Å². The molecule has 1 aromatic rings. The lowest BCUT2D eigenvalue weighted by Gasteiger charge is -2.31. The summed E-state index contributed by atoms with van der Waals surface area (Å²) < 4.78 is 26.5. The fraction of sp³-hybridized carbons (Fsp3) is 0.529. The van der Waals surface area contributed by atoms with Crippen LogP contribution in [0, 0.1) is 5.92 Å². The van der Waals surface area contributed by atoms with Crippen molar-refractivity contribution in [3.8, 4) is 0 Å². The van der Waals surface area contributed by atoms with Crippen LogP contribution in [0.25, 0.3) is 0 Å². The van der Waals surface area contributed by atoms with Crippen LogP contribution in [-0.4, -0.2) is 60.0 Å². The van der Waals surface area contributed by atoms with E-state index in [1.165, 1.54) is 4.31 Å². The average molecular weight is 384 g/mol. The van der Waals surface area contributed by atoms with Gasteiger partial charge in [0.15, 0.2) is 5.60 Å². The minimum atomic E-state index is -3.55. The molecule has 1 aliphatic heterocycles. The van der Waals surface area contributed by atoms with E-state index in [1.807, 2.05) is 6.07 Å². The van der Waals surface area contributed by atoms with Crippen molar-refractivity contribution < 1.29 is 28.2 Å². The number of amides is 1. The standard InChI is InChI=1S/C17H24N2O6S/c1-17(23,16(21)22)12-18-15(20)14-8-5-9-19(10-14)26(24,25)11-13-6-3-2-4-7-13/h2-4,6-7,14,23H,5,8-12H2,1H3,(H,18,20)(H,21,22). The zero-order valence-corrected chi connectivity index (χ0v) is 15.4. The molecule has 8 nitrogen and oxygen atoms in total. The maximum atomic E-state index is 12.6. The molecule has 2 unspecified atom stereocenters. The maximum Gasteiger partial charge on any atom is 0.337 e. The van der Waals surface area contributed by atoms with Crippen molar-refractivity contribution in [1.29, 1.82) is 0 Å². The fourth-order valence-electron chi connectivity index (χ4n) is 2.76. The highest BCUT2D eigenvalue weighted by atomic mass is 32.2. The molecule has 9 heteroatoms. The number of carboxylic acid groups (broad SMARTS) is 1. The van der Waals surface area contributed by atoms with Gasteiger partial charge in [-0.15, -0.1) is 0 Å². The quantitative estimate of drug-likeness (QED) is 0.616. The van der Waals surface area contributed by atoms with Crippen LogP contribution in [0.15, 0.2) is 30.3 Å². The van der Waals surface area contributed by atoms with Crippen molar-refractivity contribution in [2.45, 2.75) is 31.1 Å². The predicted molar refractivity (Wildman–Crippen MR) is 94.6 cm³/mol. The molecular weight excluding hydrogens is 360 g/mol. The van der Waals surface area contributed by atoms with Crippen LogP contribution in [0.4, 0.5) is 0 Å². The first-order valence-electron chi connectivity index (χ1n) is 8.37. The molecular formula is C17H24N2O6S. The first kappa shape index (κ1) is 20.3. The summed E-state index contributed by atoms with van der Waals surface area (Å²) in [5.41, 5.74) is -1.39. The van der Waals surface area contributed by atoms with Crippen LogP contribution in [0.3, 0.4) is 0 Å². The highest BCUT2D eigenvalue weighted by molar-refractivity contribution is 7.88. The third-order valence-corrected chi connectivity index (χ3v) is 6.22. The number of carboxylic acids is 1. The molecule has 0 radical (unpaired) electrons. The number of nitrogens with one attached hydrogen (secondary N) is 1. The second-order valence-corrected chi connectivity index (χ2v) is 8.70. The SMILES string of the molecule is CC(O)(CNC(=O)C1CCCN(S(=O)(=O)Cc2ccccc2)C1)C(=O)O. The molecule has 0 aromatic heterocycles. The van der Waals surface area contributed by atoms with E-state index in [9.17, 15) is 23.1 Å². The third kappa shape index (κ3) is 5.26. The zero-order valence-electron chi connectivity index (χ0n) is 14.6. The van der Waals surface area contributed by atoms with E-state index in [1.54, 1.807) is 24.3 Å². The van der Waals surface area contributed by atoms with Gasteiger partial charge in [0.1, 0.15) is 0 Å². The minimum absolute atomic E-state index is 0.0518. The molecule has 1 heterocycles. The van der Waals surface area contributed by atoms with E-state index in [0.717, 1.165) is 6.92 Å². The second kappa shape index (κ2) is 8.15. The molecule has 0 aliphatic carbocycles. The van der Waals surface area contributed by atoms with Gasteiger partial charge in [0.25, 0.3) is 0 Å². The number of hydrogen-bond acceptors (Lipinski definition) is 5. The number of carbonyl (C=O) groups excluding carboxylic acids is 1. The zero-order chi connectivity index (χ0) is 19.4. The molecule has 1 aromatic carbocycles. The van der Waals surface area contributed by atoms with Gasteiger partial charge in [-0.3, -0.25) is 4.79 Å². The molecule has 0 saturated carbocycles. The number of benzene rings is 1. The largest absolute Gasteiger partial charge is 0.479 e. The Morgan fingerprint density at radius 3 is 2.58 bits per heavy atom. The van der Waals surface area contributed by atoms with Gasteiger partial charge < -0.3 is 15.5 Å². The Morgan fingerprint density at radius 2 is 1.96 bits per heavy atom. The van der Waals surface area contributed by atoms with Crippen molar-refractivity contribution in [3.63, 3.8) is 0 Å². The second-order valence-electron chi connectivity index (χ2n) is 6.74. The Bertz CT molecular complexity index is 748. The van der Waals surface area contributed by atoms with E-state index >= 15 is 0 Å². The predicted octanol–water partition coefficient (Wildman–Crippen LogP) is 0.180. The van der Waals surface area contributed by atoms with Gasteiger partial charge in [-0.25, -0.2) is 17.5 Å². The van der Waals surface area contributed by atoms with Gasteiger partial charge in [0, 0.05) is 13.1 Å². The maximum absolute atomic E-state index is 12.6. The lowest BCUT2D eigenvalue weighted by Crippen LogP contribution is -2.50. The molecule has 144 valence electrons. The summed E-state index contributed by atoms with van der Waals surface area (Å²) in [6.45, 7) is 1.06. The Kier molecular flexibility index (Phi) is 6.38. The van der Waals surface area contributed by atoms with Crippen LogP contribution in [0.1, 0.15) is 25.3 Å². The first-order valence-corrected chi connectivity index (χ1v) is 9.98. The molecule has 0 spiro atoms. The highest BCUT2D eigenvalue weighted by Crippen LogP contribution is 2.21. The lowest BCUT2D eigenvalue weighted by molar-refractivity contribution is -0.156. The Balaban J connectivity index is 1.97. The Labute approximate surface area is 152 Å². The van der Waals surface area contributed by atoms with E-state index in [2.05, 4.69) is 5.32 Å². The van der Waals surface area contributed by atoms with Crippen LogP contribution < -0.4 is 5.32 Å². The van der Waals surface area contributed by atoms with Gasteiger partial charge in [0.05, 0.1) is 18.2 Å². The fourth-order valence-corrected chi connectivity index (χ4v) is 4.37. The van der Waals surface area contributed by atoms with Crippen molar-refractivity contribution in [1.82, 2.24) is 9.62 Å². The van der Waals surface area contributed by atoms with Crippen molar-refractivity contribution >= 4 is 21.9 Å². The Morgan fingerprint density at radius 1 is 1.31 bits per heavy atom. The van der Waals surface area contributed by atoms with Gasteiger partial charge in [-0.05, 0) is 25.3 Å². The summed E-state index contributed by atoms with van der Waals surface area (Å²) in [5.74, 6) is -2.59.